The Morgan fingerprint density at radius 1 is 1.19 bits per heavy atom. The number of benzene rings is 2. The molecule has 2 aromatic carbocycles. The van der Waals surface area contributed by atoms with Gasteiger partial charge in [-0.15, -0.1) is 0 Å². The third-order valence-corrected chi connectivity index (χ3v) is 4.25. The molecule has 0 fully saturated rings. The zero-order valence-corrected chi connectivity index (χ0v) is 13.4. The molecule has 0 aliphatic rings. The van der Waals surface area contributed by atoms with Crippen LogP contribution in [-0.4, -0.2) is 9.49 Å². The van der Waals surface area contributed by atoms with Gasteiger partial charge in [0.1, 0.15) is 0 Å². The predicted molar refractivity (Wildman–Crippen MR) is 94.1 cm³/mol. The number of anilines is 1. The molecule has 1 aromatic heterocycles. The zero-order chi connectivity index (χ0) is 14.7. The van der Waals surface area contributed by atoms with Crippen molar-refractivity contribution in [2.24, 2.45) is 0 Å². The summed E-state index contributed by atoms with van der Waals surface area (Å²) in [6.07, 6.45) is 1.86. The molecule has 0 bridgehead atoms. The number of hydrogen-bond donors (Lipinski definition) is 2. The van der Waals surface area contributed by atoms with Crippen LogP contribution < -0.4 is 10.6 Å². The van der Waals surface area contributed by atoms with E-state index in [1.165, 1.54) is 16.2 Å². The van der Waals surface area contributed by atoms with E-state index >= 15 is 0 Å². The summed E-state index contributed by atoms with van der Waals surface area (Å²) in [5.41, 5.74) is 2.08. The van der Waals surface area contributed by atoms with Gasteiger partial charge in [-0.05, 0) is 59.6 Å². The molecule has 0 aliphatic heterocycles. The molecule has 2 N–H and O–H groups in total. The summed E-state index contributed by atoms with van der Waals surface area (Å²) in [5.74, 6) is 0. The quantitative estimate of drug-likeness (QED) is 0.695. The number of rotatable bonds is 3. The molecule has 0 radical (unpaired) electrons. The van der Waals surface area contributed by atoms with Crippen molar-refractivity contribution in [3.63, 3.8) is 0 Å². The van der Waals surface area contributed by atoms with Crippen LogP contribution in [0.3, 0.4) is 0 Å². The second-order valence-corrected chi connectivity index (χ2v) is 6.19. The Morgan fingerprint density at radius 3 is 2.81 bits per heavy atom. The first-order valence-electron chi connectivity index (χ1n) is 6.34. The molecule has 0 atom stereocenters. The van der Waals surface area contributed by atoms with Gasteiger partial charge in [-0.2, -0.15) is 4.37 Å². The second-order valence-electron chi connectivity index (χ2n) is 4.51. The van der Waals surface area contributed by atoms with E-state index in [0.29, 0.717) is 11.7 Å². The van der Waals surface area contributed by atoms with Gasteiger partial charge >= 0.3 is 0 Å². The van der Waals surface area contributed by atoms with E-state index in [4.69, 9.17) is 23.8 Å². The highest BCUT2D eigenvalue weighted by Crippen LogP contribution is 2.21. The number of nitrogens with one attached hydrogen (secondary N) is 2. The van der Waals surface area contributed by atoms with E-state index in [9.17, 15) is 0 Å². The number of thiocarbonyl (C=S) groups is 1. The second kappa shape index (κ2) is 6.39. The molecule has 106 valence electrons. The Balaban J connectivity index is 1.59. The van der Waals surface area contributed by atoms with Crippen molar-refractivity contribution < 1.29 is 0 Å². The lowest BCUT2D eigenvalue weighted by atomic mass is 10.2. The summed E-state index contributed by atoms with van der Waals surface area (Å²) in [6.45, 7) is 0.658. The summed E-state index contributed by atoms with van der Waals surface area (Å²) >= 11 is 12.6. The molecule has 0 unspecified atom stereocenters. The van der Waals surface area contributed by atoms with Crippen molar-refractivity contribution in [3.05, 3.63) is 59.2 Å². The number of nitrogens with zero attached hydrogens (tertiary/aromatic N) is 1. The smallest absolute Gasteiger partial charge is 0.171 e. The van der Waals surface area contributed by atoms with Gasteiger partial charge in [0.25, 0.3) is 0 Å². The van der Waals surface area contributed by atoms with Crippen LogP contribution in [0, 0.1) is 0 Å². The number of halogens is 1. The highest BCUT2D eigenvalue weighted by atomic mass is 35.5. The maximum absolute atomic E-state index is 5.86. The predicted octanol–water partition coefficient (Wildman–Crippen LogP) is 4.44. The highest BCUT2D eigenvalue weighted by molar-refractivity contribution is 7.80. The van der Waals surface area contributed by atoms with E-state index in [-0.39, 0.29) is 0 Å². The lowest BCUT2D eigenvalue weighted by Gasteiger charge is -2.10. The van der Waals surface area contributed by atoms with Crippen LogP contribution in [0.2, 0.25) is 5.02 Å². The maximum Gasteiger partial charge on any atom is 0.171 e. The van der Waals surface area contributed by atoms with E-state index in [0.717, 1.165) is 21.7 Å². The monoisotopic (exact) mass is 333 g/mol. The molecule has 0 spiro atoms. The van der Waals surface area contributed by atoms with Gasteiger partial charge in [-0.1, -0.05) is 23.7 Å². The minimum atomic E-state index is 0.590. The Kier molecular flexibility index (Phi) is 4.34. The molecule has 0 aliphatic carbocycles. The third kappa shape index (κ3) is 3.69. The van der Waals surface area contributed by atoms with Crippen molar-refractivity contribution in [2.45, 2.75) is 6.54 Å². The van der Waals surface area contributed by atoms with E-state index in [1.807, 2.05) is 48.7 Å². The van der Waals surface area contributed by atoms with Gasteiger partial charge in [0.05, 0.1) is 4.70 Å². The molecule has 3 aromatic rings. The Hall–Kier alpha value is -1.69. The molecule has 6 heteroatoms. The normalized spacial score (nSPS) is 10.5. The van der Waals surface area contributed by atoms with Gasteiger partial charge in [0.2, 0.25) is 0 Å². The van der Waals surface area contributed by atoms with Crippen molar-refractivity contribution in [2.75, 3.05) is 5.32 Å². The lowest BCUT2D eigenvalue weighted by molar-refractivity contribution is 0.926. The fourth-order valence-corrected chi connectivity index (χ4v) is 2.85. The van der Waals surface area contributed by atoms with Crippen LogP contribution >= 0.6 is 35.4 Å². The first kappa shape index (κ1) is 14.3. The van der Waals surface area contributed by atoms with Crippen molar-refractivity contribution in [1.29, 1.82) is 0 Å². The van der Waals surface area contributed by atoms with Gasteiger partial charge < -0.3 is 10.6 Å². The van der Waals surface area contributed by atoms with Crippen LogP contribution in [0.4, 0.5) is 5.69 Å². The first-order chi connectivity index (χ1) is 10.2. The molecular weight excluding hydrogens is 322 g/mol. The van der Waals surface area contributed by atoms with Crippen LogP contribution in [0.25, 0.3) is 10.1 Å². The van der Waals surface area contributed by atoms with Crippen LogP contribution in [0.1, 0.15) is 5.56 Å². The van der Waals surface area contributed by atoms with E-state index < -0.39 is 0 Å². The summed E-state index contributed by atoms with van der Waals surface area (Å²) in [6, 6.07) is 13.8. The minimum absolute atomic E-state index is 0.590. The van der Waals surface area contributed by atoms with Gasteiger partial charge in [-0.3, -0.25) is 0 Å². The Morgan fingerprint density at radius 2 is 2.00 bits per heavy atom. The van der Waals surface area contributed by atoms with E-state index in [1.54, 1.807) is 0 Å². The molecule has 0 saturated heterocycles. The number of hydrogen-bond acceptors (Lipinski definition) is 3. The first-order valence-corrected chi connectivity index (χ1v) is 7.90. The van der Waals surface area contributed by atoms with Crippen LogP contribution in [0.5, 0.6) is 0 Å². The SMILES string of the molecule is S=C(NCc1ccc(Cl)cc1)Nc1ccc2sncc2c1. The fraction of sp³-hybridized carbons (Fsp3) is 0.0667. The molecule has 0 saturated carbocycles. The molecule has 21 heavy (non-hydrogen) atoms. The molecule has 3 nitrogen and oxygen atoms in total. The average Bonchev–Trinajstić information content (AvgIpc) is 2.94. The summed E-state index contributed by atoms with van der Waals surface area (Å²) in [4.78, 5) is 0. The van der Waals surface area contributed by atoms with Crippen molar-refractivity contribution in [3.8, 4) is 0 Å². The van der Waals surface area contributed by atoms with Gasteiger partial charge in [0.15, 0.2) is 5.11 Å². The minimum Gasteiger partial charge on any atom is -0.358 e. The fourth-order valence-electron chi connectivity index (χ4n) is 1.91. The van der Waals surface area contributed by atoms with Crippen LogP contribution in [0.15, 0.2) is 48.7 Å². The summed E-state index contributed by atoms with van der Waals surface area (Å²) in [7, 11) is 0. The Bertz CT molecular complexity index is 768. The Labute approximate surface area is 137 Å². The van der Waals surface area contributed by atoms with Crippen molar-refractivity contribution in [1.82, 2.24) is 9.69 Å². The molecular formula is C15H12ClN3S2. The molecule has 0 amide bonds. The van der Waals surface area contributed by atoms with Crippen molar-refractivity contribution >= 4 is 56.2 Å². The maximum atomic E-state index is 5.86. The van der Waals surface area contributed by atoms with E-state index in [2.05, 4.69) is 15.0 Å². The third-order valence-electron chi connectivity index (χ3n) is 2.98. The largest absolute Gasteiger partial charge is 0.358 e. The van der Waals surface area contributed by atoms with Crippen LogP contribution in [-0.2, 0) is 6.54 Å². The van der Waals surface area contributed by atoms with Gasteiger partial charge in [-0.25, -0.2) is 0 Å². The number of fused-ring (bicyclic) bond motifs is 1. The van der Waals surface area contributed by atoms with Gasteiger partial charge in [0, 0.05) is 28.8 Å². The molecule has 1 heterocycles. The number of aromatic nitrogens is 1. The average molecular weight is 334 g/mol. The lowest BCUT2D eigenvalue weighted by Crippen LogP contribution is -2.27. The highest BCUT2D eigenvalue weighted by Gasteiger charge is 2.01. The topological polar surface area (TPSA) is 37.0 Å². The summed E-state index contributed by atoms with van der Waals surface area (Å²) in [5, 5.41) is 8.79. The molecule has 3 rings (SSSR count). The summed E-state index contributed by atoms with van der Waals surface area (Å²) < 4.78 is 5.33. The zero-order valence-electron chi connectivity index (χ0n) is 11.0. The standard InChI is InChI=1S/C15H12ClN3S2/c16-12-3-1-10(2-4-12)8-17-15(20)19-13-5-6-14-11(7-13)9-18-21-14/h1-7,9H,8H2,(H2,17,19,20).